The summed E-state index contributed by atoms with van der Waals surface area (Å²) < 4.78 is 36.7. The smallest absolute Gasteiger partial charge is 0.423 e. The average Bonchev–Trinajstić information content (AvgIpc) is 2.91. The summed E-state index contributed by atoms with van der Waals surface area (Å²) >= 11 is 3.24. The zero-order chi connectivity index (χ0) is 18.6. The van der Waals surface area contributed by atoms with Gasteiger partial charge in [0.15, 0.2) is 6.79 Å². The minimum Gasteiger partial charge on any atom is -0.466 e. The van der Waals surface area contributed by atoms with Crippen LogP contribution in [0, 0.1) is 5.82 Å². The van der Waals surface area contributed by atoms with Crippen molar-refractivity contribution in [3.63, 3.8) is 0 Å². The quantitative estimate of drug-likeness (QED) is 0.508. The number of benzene rings is 1. The second-order valence-electron chi connectivity index (χ2n) is 6.38. The molecule has 0 saturated carbocycles. The van der Waals surface area contributed by atoms with E-state index in [1.807, 2.05) is 20.8 Å². The van der Waals surface area contributed by atoms with Crippen LogP contribution >= 0.6 is 15.9 Å². The normalized spacial score (nSPS) is 11.8. The number of oxazole rings is 1. The summed E-state index contributed by atoms with van der Waals surface area (Å²) in [5.41, 5.74) is -0.329. The number of hydrogen-bond acceptors (Lipinski definition) is 5. The van der Waals surface area contributed by atoms with Crippen LogP contribution in [0.15, 0.2) is 32.0 Å². The van der Waals surface area contributed by atoms with Crippen LogP contribution in [0.1, 0.15) is 26.5 Å². The van der Waals surface area contributed by atoms with Gasteiger partial charge in [-0.25, -0.2) is 13.8 Å². The first-order chi connectivity index (χ1) is 11.7. The molecule has 0 atom stereocenters. The van der Waals surface area contributed by atoms with Crippen LogP contribution < -0.4 is 10.5 Å². The van der Waals surface area contributed by atoms with Crippen molar-refractivity contribution in [1.29, 1.82) is 0 Å². The lowest BCUT2D eigenvalue weighted by molar-refractivity contribution is -0.00882. The summed E-state index contributed by atoms with van der Waals surface area (Å²) in [5, 5.41) is 0. The predicted molar refractivity (Wildman–Crippen MR) is 94.0 cm³/mol. The molecule has 0 aliphatic rings. The van der Waals surface area contributed by atoms with Gasteiger partial charge in [-0.1, -0.05) is 20.8 Å². The molecule has 0 radical (unpaired) electrons. The minimum atomic E-state index is -0.659. The molecule has 2 aromatic rings. The summed E-state index contributed by atoms with van der Waals surface area (Å²) in [4.78, 5) is 12.1. The lowest BCUT2D eigenvalue weighted by Gasteiger charge is -2.13. The Balaban J connectivity index is 2.28. The molecule has 0 spiro atoms. The topological polar surface area (TPSA) is 62.8 Å². The number of halogens is 2. The molecule has 1 heterocycles. The molecule has 2 rings (SSSR count). The molecule has 138 valence electrons. The van der Waals surface area contributed by atoms with Gasteiger partial charge >= 0.3 is 5.76 Å². The standard InChI is InChI=1S/C17H21BrFNO5/c1-17(2,3)15-9-20(16(21)25-15)13-8-14(11(18)7-12(13)19)24-10-23-6-5-22-4/h7-9H,5-6,10H2,1-4H3. The van der Waals surface area contributed by atoms with Crippen LogP contribution in [-0.4, -0.2) is 31.7 Å². The van der Waals surface area contributed by atoms with Gasteiger partial charge in [-0.15, -0.1) is 0 Å². The number of ether oxygens (including phenoxy) is 3. The average molecular weight is 418 g/mol. The van der Waals surface area contributed by atoms with Gasteiger partial charge in [0.05, 0.1) is 29.6 Å². The van der Waals surface area contributed by atoms with Gasteiger partial charge in [-0.2, -0.15) is 0 Å². The highest BCUT2D eigenvalue weighted by Crippen LogP contribution is 2.30. The largest absolute Gasteiger partial charge is 0.466 e. The third-order valence-electron chi connectivity index (χ3n) is 3.37. The molecule has 25 heavy (non-hydrogen) atoms. The van der Waals surface area contributed by atoms with Crippen LogP contribution in [-0.2, 0) is 14.9 Å². The van der Waals surface area contributed by atoms with Gasteiger partial charge in [0.2, 0.25) is 0 Å². The maximum atomic E-state index is 14.4. The van der Waals surface area contributed by atoms with Crippen molar-refractivity contribution in [2.75, 3.05) is 27.1 Å². The van der Waals surface area contributed by atoms with E-state index in [4.69, 9.17) is 18.6 Å². The number of methoxy groups -OCH3 is 1. The van der Waals surface area contributed by atoms with Crippen molar-refractivity contribution in [3.8, 4) is 11.4 Å². The molecule has 0 aliphatic heterocycles. The molecular formula is C17H21BrFNO5. The third kappa shape index (κ3) is 4.93. The third-order valence-corrected chi connectivity index (χ3v) is 3.99. The fraction of sp³-hybridized carbons (Fsp3) is 0.471. The first kappa shape index (κ1) is 19.7. The van der Waals surface area contributed by atoms with Crippen molar-refractivity contribution >= 4 is 15.9 Å². The fourth-order valence-electron chi connectivity index (χ4n) is 1.97. The minimum absolute atomic E-state index is 0.0272. The molecule has 6 nitrogen and oxygen atoms in total. The van der Waals surface area contributed by atoms with Crippen molar-refractivity contribution < 1.29 is 23.0 Å². The van der Waals surface area contributed by atoms with E-state index in [-0.39, 0.29) is 17.9 Å². The molecule has 1 aromatic carbocycles. The Morgan fingerprint density at radius 3 is 2.60 bits per heavy atom. The molecule has 0 bridgehead atoms. The number of hydrogen-bond donors (Lipinski definition) is 0. The molecule has 0 N–H and O–H groups in total. The van der Waals surface area contributed by atoms with Crippen LogP contribution in [0.3, 0.4) is 0 Å². The Bertz CT molecular complexity index is 778. The molecule has 0 unspecified atom stereocenters. The van der Waals surface area contributed by atoms with Gasteiger partial charge in [0, 0.05) is 18.6 Å². The number of rotatable bonds is 7. The Morgan fingerprint density at radius 2 is 2.00 bits per heavy atom. The van der Waals surface area contributed by atoms with E-state index < -0.39 is 11.6 Å². The fourth-order valence-corrected chi connectivity index (χ4v) is 2.40. The summed E-state index contributed by atoms with van der Waals surface area (Å²) in [7, 11) is 1.57. The lowest BCUT2D eigenvalue weighted by atomic mass is 9.94. The molecule has 0 fully saturated rings. The monoisotopic (exact) mass is 417 g/mol. The Kier molecular flexibility index (Phi) is 6.42. The molecule has 0 amide bonds. The van der Waals surface area contributed by atoms with E-state index >= 15 is 0 Å². The number of aromatic nitrogens is 1. The maximum Gasteiger partial charge on any atom is 0.423 e. The lowest BCUT2D eigenvalue weighted by Crippen LogP contribution is -2.13. The summed E-state index contributed by atoms with van der Waals surface area (Å²) in [6, 6.07) is 2.65. The van der Waals surface area contributed by atoms with Crippen molar-refractivity contribution in [3.05, 3.63) is 44.9 Å². The van der Waals surface area contributed by atoms with Gasteiger partial charge in [-0.3, -0.25) is 0 Å². The van der Waals surface area contributed by atoms with Gasteiger partial charge in [0.1, 0.15) is 17.3 Å². The maximum absolute atomic E-state index is 14.4. The highest BCUT2D eigenvalue weighted by atomic mass is 79.9. The first-order valence-corrected chi connectivity index (χ1v) is 8.45. The van der Waals surface area contributed by atoms with Gasteiger partial charge < -0.3 is 18.6 Å². The molecule has 0 aliphatic carbocycles. The van der Waals surface area contributed by atoms with Gasteiger partial charge in [-0.05, 0) is 22.0 Å². The summed E-state index contributed by atoms with van der Waals surface area (Å²) in [5.74, 6) is -0.430. The van der Waals surface area contributed by atoms with E-state index in [1.165, 1.54) is 18.3 Å². The SMILES string of the molecule is COCCOCOc1cc(-n2cc(C(C)(C)C)oc2=O)c(F)cc1Br. The molecular weight excluding hydrogens is 397 g/mol. The predicted octanol–water partition coefficient (Wildman–Crippen LogP) is 3.63. The van der Waals surface area contributed by atoms with E-state index in [9.17, 15) is 9.18 Å². The van der Waals surface area contributed by atoms with E-state index in [2.05, 4.69) is 15.9 Å². The van der Waals surface area contributed by atoms with Crippen LogP contribution in [0.25, 0.3) is 5.69 Å². The zero-order valence-corrected chi connectivity index (χ0v) is 16.2. The van der Waals surface area contributed by atoms with Gasteiger partial charge in [0.25, 0.3) is 0 Å². The van der Waals surface area contributed by atoms with Crippen molar-refractivity contribution in [2.45, 2.75) is 26.2 Å². The summed E-state index contributed by atoms with van der Waals surface area (Å²) in [6.07, 6.45) is 1.49. The second-order valence-corrected chi connectivity index (χ2v) is 7.23. The Labute approximate surface area is 153 Å². The van der Waals surface area contributed by atoms with Crippen LogP contribution in [0.5, 0.6) is 5.75 Å². The summed E-state index contributed by atoms with van der Waals surface area (Å²) in [6.45, 7) is 6.50. The highest BCUT2D eigenvalue weighted by molar-refractivity contribution is 9.10. The molecule has 1 aromatic heterocycles. The van der Waals surface area contributed by atoms with Crippen molar-refractivity contribution in [1.82, 2.24) is 4.57 Å². The second kappa shape index (κ2) is 8.16. The molecule has 8 heteroatoms. The van der Waals surface area contributed by atoms with Crippen LogP contribution in [0.4, 0.5) is 4.39 Å². The first-order valence-electron chi connectivity index (χ1n) is 7.66. The van der Waals surface area contributed by atoms with Crippen LogP contribution in [0.2, 0.25) is 0 Å². The highest BCUT2D eigenvalue weighted by Gasteiger charge is 2.22. The number of nitrogens with zero attached hydrogens (tertiary/aromatic N) is 1. The molecule has 0 saturated heterocycles. The Morgan fingerprint density at radius 1 is 1.28 bits per heavy atom. The zero-order valence-electron chi connectivity index (χ0n) is 14.6. The Hall–Kier alpha value is -1.64. The van der Waals surface area contributed by atoms with E-state index in [0.717, 1.165) is 4.57 Å². The van der Waals surface area contributed by atoms with E-state index in [0.29, 0.717) is 29.2 Å². The van der Waals surface area contributed by atoms with Crippen molar-refractivity contribution in [2.24, 2.45) is 0 Å². The van der Waals surface area contributed by atoms with E-state index in [1.54, 1.807) is 7.11 Å².